The monoisotopic (exact) mass is 401 g/mol. The van der Waals surface area contributed by atoms with Crippen molar-refractivity contribution in [3.05, 3.63) is 60.6 Å². The molecular weight excluding hydrogens is 374 g/mol. The predicted molar refractivity (Wildman–Crippen MR) is 121 cm³/mol. The van der Waals surface area contributed by atoms with Gasteiger partial charge in [0.2, 0.25) is 0 Å². The SMILES string of the molecule is C[C@@H]1[C@@H](CCc2ccc3ccc(N)cc3c2)C[C@@H](n2ccc3c(N)ncnc32)[C@@H]1O. The average Bonchev–Trinajstić information content (AvgIpc) is 3.29. The Balaban J connectivity index is 1.34. The molecule has 1 aliphatic rings. The highest BCUT2D eigenvalue weighted by atomic mass is 16.3. The van der Waals surface area contributed by atoms with Crippen LogP contribution in [0.4, 0.5) is 11.5 Å². The minimum atomic E-state index is -0.404. The van der Waals surface area contributed by atoms with E-state index in [4.69, 9.17) is 11.5 Å². The van der Waals surface area contributed by atoms with Gasteiger partial charge in [-0.1, -0.05) is 31.2 Å². The van der Waals surface area contributed by atoms with Crippen molar-refractivity contribution in [3.63, 3.8) is 0 Å². The smallest absolute Gasteiger partial charge is 0.145 e. The highest BCUT2D eigenvalue weighted by Gasteiger charge is 2.40. The zero-order valence-electron chi connectivity index (χ0n) is 17.1. The first-order valence-electron chi connectivity index (χ1n) is 10.5. The molecule has 30 heavy (non-hydrogen) atoms. The van der Waals surface area contributed by atoms with E-state index in [1.54, 1.807) is 0 Å². The van der Waals surface area contributed by atoms with Crippen LogP contribution in [0.25, 0.3) is 21.8 Å². The molecule has 1 aliphatic carbocycles. The molecule has 154 valence electrons. The number of rotatable bonds is 4. The van der Waals surface area contributed by atoms with E-state index < -0.39 is 6.10 Å². The summed E-state index contributed by atoms with van der Waals surface area (Å²) in [5, 5.41) is 14.2. The molecule has 0 bridgehead atoms. The van der Waals surface area contributed by atoms with Gasteiger partial charge in [0.1, 0.15) is 17.8 Å². The standard InChI is InChI=1S/C24H27N5O/c1-14-17(5-3-15-2-4-16-6-7-19(25)11-18(16)10-15)12-21(22(14)30)29-9-8-20-23(26)27-13-28-24(20)29/h2,4,6-11,13-14,17,21-22,30H,3,5,12,25H2,1H3,(H2,26,27,28)/t14-,17+,21-,22-/m1/s1. The van der Waals surface area contributed by atoms with Crippen LogP contribution in [-0.4, -0.2) is 25.7 Å². The number of benzene rings is 2. The number of aryl methyl sites for hydroxylation is 1. The van der Waals surface area contributed by atoms with E-state index in [9.17, 15) is 5.11 Å². The van der Waals surface area contributed by atoms with Gasteiger partial charge < -0.3 is 21.1 Å². The lowest BCUT2D eigenvalue weighted by Crippen LogP contribution is -2.23. The van der Waals surface area contributed by atoms with Crippen molar-refractivity contribution in [2.24, 2.45) is 11.8 Å². The van der Waals surface area contributed by atoms with Gasteiger partial charge in [-0.25, -0.2) is 9.97 Å². The molecule has 6 nitrogen and oxygen atoms in total. The molecule has 6 heteroatoms. The lowest BCUT2D eigenvalue weighted by Gasteiger charge is -2.19. The molecule has 0 saturated heterocycles. The van der Waals surface area contributed by atoms with Crippen LogP contribution >= 0.6 is 0 Å². The van der Waals surface area contributed by atoms with Gasteiger partial charge in [0.25, 0.3) is 0 Å². The first kappa shape index (κ1) is 18.9. The van der Waals surface area contributed by atoms with Crippen LogP contribution in [0.3, 0.4) is 0 Å². The molecule has 1 fully saturated rings. The predicted octanol–water partition coefficient (Wildman–Crippen LogP) is 3.94. The summed E-state index contributed by atoms with van der Waals surface area (Å²) >= 11 is 0. The van der Waals surface area contributed by atoms with E-state index in [1.807, 2.05) is 24.4 Å². The molecular formula is C24H27N5O. The van der Waals surface area contributed by atoms with Crippen LogP contribution in [0.1, 0.15) is 31.4 Å². The molecule has 4 atom stereocenters. The van der Waals surface area contributed by atoms with Gasteiger partial charge in [0.05, 0.1) is 17.5 Å². The zero-order valence-corrected chi connectivity index (χ0v) is 17.1. The highest BCUT2D eigenvalue weighted by Crippen LogP contribution is 2.43. The number of fused-ring (bicyclic) bond motifs is 2. The zero-order chi connectivity index (χ0) is 20.8. The largest absolute Gasteiger partial charge is 0.399 e. The lowest BCUT2D eigenvalue weighted by atomic mass is 9.90. The molecule has 2 heterocycles. The minimum Gasteiger partial charge on any atom is -0.399 e. The van der Waals surface area contributed by atoms with E-state index >= 15 is 0 Å². The second-order valence-electron chi connectivity index (χ2n) is 8.61. The average molecular weight is 402 g/mol. The Morgan fingerprint density at radius 1 is 1.07 bits per heavy atom. The van der Waals surface area contributed by atoms with Gasteiger partial charge in [0.15, 0.2) is 0 Å². The Morgan fingerprint density at radius 2 is 1.90 bits per heavy atom. The van der Waals surface area contributed by atoms with Crippen LogP contribution in [0.2, 0.25) is 0 Å². The van der Waals surface area contributed by atoms with Crippen LogP contribution in [0.5, 0.6) is 0 Å². The quantitative estimate of drug-likeness (QED) is 0.450. The first-order chi connectivity index (χ1) is 14.5. The van der Waals surface area contributed by atoms with Gasteiger partial charge in [-0.3, -0.25) is 0 Å². The summed E-state index contributed by atoms with van der Waals surface area (Å²) in [6.45, 7) is 2.16. The Hall–Kier alpha value is -3.12. The normalized spacial score (nSPS) is 24.1. The van der Waals surface area contributed by atoms with Crippen LogP contribution in [0, 0.1) is 11.8 Å². The maximum atomic E-state index is 11.0. The van der Waals surface area contributed by atoms with Crippen molar-refractivity contribution in [2.75, 3.05) is 11.5 Å². The fourth-order valence-electron chi connectivity index (χ4n) is 5.03. The van der Waals surface area contributed by atoms with Crippen LogP contribution < -0.4 is 11.5 Å². The summed E-state index contributed by atoms with van der Waals surface area (Å²) in [6, 6.07) is 14.6. The molecule has 4 aromatic rings. The van der Waals surface area contributed by atoms with Crippen molar-refractivity contribution in [1.82, 2.24) is 14.5 Å². The van der Waals surface area contributed by atoms with Gasteiger partial charge in [-0.15, -0.1) is 0 Å². The summed E-state index contributed by atoms with van der Waals surface area (Å²) in [6.07, 6.45) is 6.02. The Kier molecular flexibility index (Phi) is 4.59. The number of hydrogen-bond donors (Lipinski definition) is 3. The topological polar surface area (TPSA) is 103 Å². The van der Waals surface area contributed by atoms with Gasteiger partial charge in [-0.05, 0) is 65.6 Å². The fourth-order valence-corrected chi connectivity index (χ4v) is 5.03. The number of nitrogen functional groups attached to an aromatic ring is 2. The molecule has 0 radical (unpaired) electrons. The first-order valence-corrected chi connectivity index (χ1v) is 10.5. The van der Waals surface area contributed by atoms with E-state index in [0.29, 0.717) is 11.7 Å². The second-order valence-corrected chi connectivity index (χ2v) is 8.61. The van der Waals surface area contributed by atoms with Crippen LogP contribution in [0.15, 0.2) is 55.0 Å². The van der Waals surface area contributed by atoms with Crippen LogP contribution in [-0.2, 0) is 6.42 Å². The summed E-state index contributed by atoms with van der Waals surface area (Å²) in [7, 11) is 0. The van der Waals surface area contributed by atoms with E-state index in [0.717, 1.165) is 36.0 Å². The third kappa shape index (κ3) is 3.17. The molecule has 1 saturated carbocycles. The lowest BCUT2D eigenvalue weighted by molar-refractivity contribution is 0.0948. The van der Waals surface area contributed by atoms with E-state index in [2.05, 4.69) is 45.7 Å². The van der Waals surface area contributed by atoms with E-state index in [1.165, 1.54) is 22.7 Å². The summed E-state index contributed by atoms with van der Waals surface area (Å²) in [4.78, 5) is 8.48. The molecule has 5 N–H and O–H groups in total. The molecule has 0 aliphatic heterocycles. The Morgan fingerprint density at radius 3 is 2.77 bits per heavy atom. The van der Waals surface area contributed by atoms with Crippen molar-refractivity contribution in [2.45, 2.75) is 38.3 Å². The molecule has 0 amide bonds. The molecule has 2 aromatic carbocycles. The summed E-state index contributed by atoms with van der Waals surface area (Å²) in [5.74, 6) is 1.15. The van der Waals surface area contributed by atoms with E-state index in [-0.39, 0.29) is 12.0 Å². The van der Waals surface area contributed by atoms with Gasteiger partial charge in [-0.2, -0.15) is 0 Å². The van der Waals surface area contributed by atoms with Crippen molar-refractivity contribution in [3.8, 4) is 0 Å². The highest BCUT2D eigenvalue weighted by molar-refractivity contribution is 5.86. The molecule has 2 aromatic heterocycles. The van der Waals surface area contributed by atoms with Crippen molar-refractivity contribution >= 4 is 33.3 Å². The van der Waals surface area contributed by atoms with Crippen molar-refractivity contribution in [1.29, 1.82) is 0 Å². The number of anilines is 2. The molecule has 0 unspecified atom stereocenters. The van der Waals surface area contributed by atoms with Gasteiger partial charge in [0, 0.05) is 11.9 Å². The fraction of sp³-hybridized carbons (Fsp3) is 0.333. The summed E-state index contributed by atoms with van der Waals surface area (Å²) in [5.41, 5.74) is 14.8. The minimum absolute atomic E-state index is 0.00759. The Bertz CT molecular complexity index is 1220. The third-order valence-electron chi connectivity index (χ3n) is 6.85. The second kappa shape index (κ2) is 7.29. The maximum Gasteiger partial charge on any atom is 0.145 e. The number of aromatic nitrogens is 3. The number of aliphatic hydroxyl groups is 1. The number of hydrogen-bond acceptors (Lipinski definition) is 5. The Labute approximate surface area is 175 Å². The maximum absolute atomic E-state index is 11.0. The number of nitrogens with two attached hydrogens (primary N) is 2. The molecule has 5 rings (SSSR count). The number of nitrogens with zero attached hydrogens (tertiary/aromatic N) is 3. The summed E-state index contributed by atoms with van der Waals surface area (Å²) < 4.78 is 2.08. The van der Waals surface area contributed by atoms with Crippen molar-refractivity contribution < 1.29 is 5.11 Å². The number of aliphatic hydroxyl groups excluding tert-OH is 1. The third-order valence-corrected chi connectivity index (χ3v) is 6.85. The van der Waals surface area contributed by atoms with Gasteiger partial charge >= 0.3 is 0 Å². The molecule has 0 spiro atoms.